The predicted molar refractivity (Wildman–Crippen MR) is 62.2 cm³/mol. The van der Waals surface area contributed by atoms with Crippen molar-refractivity contribution in [3.05, 3.63) is 18.1 Å². The Kier molecular flexibility index (Phi) is 2.63. The van der Waals surface area contributed by atoms with Crippen LogP contribution in [0.15, 0.2) is 12.3 Å². The Balaban J connectivity index is 2.26. The highest BCUT2D eigenvalue weighted by Crippen LogP contribution is 2.22. The van der Waals surface area contributed by atoms with Crippen molar-refractivity contribution in [3.8, 4) is 0 Å². The van der Waals surface area contributed by atoms with E-state index in [4.69, 9.17) is 0 Å². The van der Waals surface area contributed by atoms with Crippen molar-refractivity contribution in [2.24, 2.45) is 0 Å². The molecule has 3 heteroatoms. The van der Waals surface area contributed by atoms with E-state index in [1.807, 2.05) is 12.3 Å². The van der Waals surface area contributed by atoms with Crippen molar-refractivity contribution in [3.63, 3.8) is 0 Å². The van der Waals surface area contributed by atoms with Crippen LogP contribution < -0.4 is 4.90 Å². The van der Waals surface area contributed by atoms with Gasteiger partial charge in [0.15, 0.2) is 0 Å². The fourth-order valence-corrected chi connectivity index (χ4v) is 1.83. The summed E-state index contributed by atoms with van der Waals surface area (Å²) in [5.41, 5.74) is 0.0374. The van der Waals surface area contributed by atoms with Gasteiger partial charge in [0.2, 0.25) is 0 Å². The Morgan fingerprint density at radius 3 is 2.47 bits per heavy atom. The van der Waals surface area contributed by atoms with E-state index in [9.17, 15) is 0 Å². The fourth-order valence-electron chi connectivity index (χ4n) is 1.83. The number of anilines is 1. The molecule has 1 aliphatic rings. The second kappa shape index (κ2) is 3.80. The smallest absolute Gasteiger partial charge is 0.135 e. The van der Waals surface area contributed by atoms with Crippen molar-refractivity contribution < 1.29 is 0 Å². The summed E-state index contributed by atoms with van der Waals surface area (Å²) < 4.78 is 0. The van der Waals surface area contributed by atoms with E-state index in [1.165, 1.54) is 12.8 Å². The average Bonchev–Trinajstić information content (AvgIpc) is 2.69. The van der Waals surface area contributed by atoms with Gasteiger partial charge >= 0.3 is 0 Å². The standard InChI is InChI=1S/C12H19N3/c1-12(2,3)11-13-7-6-10(14-11)15-8-4-5-9-15/h6-7H,4-5,8-9H2,1-3H3. The number of hydrogen-bond acceptors (Lipinski definition) is 3. The zero-order valence-electron chi connectivity index (χ0n) is 9.82. The van der Waals surface area contributed by atoms with E-state index in [0.717, 1.165) is 24.7 Å². The van der Waals surface area contributed by atoms with Crippen LogP contribution in [-0.4, -0.2) is 23.1 Å². The van der Waals surface area contributed by atoms with Gasteiger partial charge in [0.25, 0.3) is 0 Å². The van der Waals surface area contributed by atoms with Crippen LogP contribution in [0, 0.1) is 0 Å². The zero-order chi connectivity index (χ0) is 10.9. The number of nitrogens with zero attached hydrogens (tertiary/aromatic N) is 3. The Hall–Kier alpha value is -1.12. The summed E-state index contributed by atoms with van der Waals surface area (Å²) in [5.74, 6) is 2.03. The summed E-state index contributed by atoms with van der Waals surface area (Å²) in [4.78, 5) is 11.3. The van der Waals surface area contributed by atoms with E-state index >= 15 is 0 Å². The van der Waals surface area contributed by atoms with Gasteiger partial charge in [-0.3, -0.25) is 0 Å². The highest BCUT2D eigenvalue weighted by molar-refractivity contribution is 5.38. The molecule has 0 unspecified atom stereocenters. The number of rotatable bonds is 1. The maximum atomic E-state index is 4.64. The van der Waals surface area contributed by atoms with Crippen LogP contribution in [0.2, 0.25) is 0 Å². The molecule has 1 fully saturated rings. The Bertz CT molecular complexity index is 335. The topological polar surface area (TPSA) is 29.0 Å². The summed E-state index contributed by atoms with van der Waals surface area (Å²) >= 11 is 0. The summed E-state index contributed by atoms with van der Waals surface area (Å²) in [7, 11) is 0. The maximum absolute atomic E-state index is 4.64. The molecule has 0 saturated carbocycles. The molecule has 1 aromatic heterocycles. The van der Waals surface area contributed by atoms with Crippen molar-refractivity contribution in [1.82, 2.24) is 9.97 Å². The molecule has 3 nitrogen and oxygen atoms in total. The fraction of sp³-hybridized carbons (Fsp3) is 0.667. The van der Waals surface area contributed by atoms with Gasteiger partial charge in [-0.15, -0.1) is 0 Å². The second-order valence-corrected chi connectivity index (χ2v) is 5.18. The van der Waals surface area contributed by atoms with Crippen LogP contribution in [0.4, 0.5) is 5.82 Å². The first-order valence-electron chi connectivity index (χ1n) is 5.66. The molecule has 0 N–H and O–H groups in total. The molecule has 0 radical (unpaired) electrons. The van der Waals surface area contributed by atoms with Crippen molar-refractivity contribution in [2.75, 3.05) is 18.0 Å². The highest BCUT2D eigenvalue weighted by Gasteiger charge is 2.20. The summed E-state index contributed by atoms with van der Waals surface area (Å²) in [6.07, 6.45) is 4.45. The summed E-state index contributed by atoms with van der Waals surface area (Å²) in [6, 6.07) is 2.01. The van der Waals surface area contributed by atoms with Gasteiger partial charge in [0.05, 0.1) is 0 Å². The van der Waals surface area contributed by atoms with E-state index < -0.39 is 0 Å². The van der Waals surface area contributed by atoms with E-state index in [2.05, 4.69) is 35.6 Å². The third kappa shape index (κ3) is 2.28. The van der Waals surface area contributed by atoms with Crippen LogP contribution in [0.5, 0.6) is 0 Å². The van der Waals surface area contributed by atoms with E-state index in [-0.39, 0.29) is 5.41 Å². The quantitative estimate of drug-likeness (QED) is 0.705. The minimum atomic E-state index is 0.0374. The minimum absolute atomic E-state index is 0.0374. The van der Waals surface area contributed by atoms with Gasteiger partial charge in [-0.1, -0.05) is 20.8 Å². The molecule has 0 aromatic carbocycles. The Morgan fingerprint density at radius 1 is 1.20 bits per heavy atom. The van der Waals surface area contributed by atoms with Crippen molar-refractivity contribution in [2.45, 2.75) is 39.0 Å². The summed E-state index contributed by atoms with van der Waals surface area (Å²) in [5, 5.41) is 0. The average molecular weight is 205 g/mol. The van der Waals surface area contributed by atoms with Crippen LogP contribution in [0.3, 0.4) is 0 Å². The first kappa shape index (κ1) is 10.4. The molecule has 2 rings (SSSR count). The molecule has 15 heavy (non-hydrogen) atoms. The van der Waals surface area contributed by atoms with Gasteiger partial charge in [0.1, 0.15) is 11.6 Å². The normalized spacial score (nSPS) is 17.1. The van der Waals surface area contributed by atoms with Crippen LogP contribution in [-0.2, 0) is 5.41 Å². The van der Waals surface area contributed by atoms with Crippen LogP contribution >= 0.6 is 0 Å². The predicted octanol–water partition coefficient (Wildman–Crippen LogP) is 2.37. The first-order chi connectivity index (χ1) is 7.07. The molecule has 82 valence electrons. The molecule has 0 aliphatic carbocycles. The molecule has 2 heterocycles. The third-order valence-corrected chi connectivity index (χ3v) is 2.74. The molecule has 0 bridgehead atoms. The first-order valence-corrected chi connectivity index (χ1v) is 5.66. The van der Waals surface area contributed by atoms with Crippen molar-refractivity contribution in [1.29, 1.82) is 0 Å². The van der Waals surface area contributed by atoms with Gasteiger partial charge < -0.3 is 4.90 Å². The zero-order valence-corrected chi connectivity index (χ0v) is 9.82. The lowest BCUT2D eigenvalue weighted by molar-refractivity contribution is 0.544. The molecule has 1 aromatic rings. The van der Waals surface area contributed by atoms with Gasteiger partial charge in [-0.25, -0.2) is 9.97 Å². The Morgan fingerprint density at radius 2 is 1.87 bits per heavy atom. The molecule has 0 amide bonds. The van der Waals surface area contributed by atoms with E-state index in [0.29, 0.717) is 0 Å². The van der Waals surface area contributed by atoms with Crippen LogP contribution in [0.25, 0.3) is 0 Å². The van der Waals surface area contributed by atoms with Crippen LogP contribution in [0.1, 0.15) is 39.4 Å². The molecule has 0 spiro atoms. The molecular formula is C12H19N3. The van der Waals surface area contributed by atoms with Gasteiger partial charge in [0, 0.05) is 24.7 Å². The summed E-state index contributed by atoms with van der Waals surface area (Å²) in [6.45, 7) is 8.73. The van der Waals surface area contributed by atoms with Crippen molar-refractivity contribution >= 4 is 5.82 Å². The molecule has 1 aliphatic heterocycles. The molecule has 1 saturated heterocycles. The van der Waals surface area contributed by atoms with Gasteiger partial charge in [-0.05, 0) is 18.9 Å². The minimum Gasteiger partial charge on any atom is -0.357 e. The monoisotopic (exact) mass is 205 g/mol. The lowest BCUT2D eigenvalue weighted by atomic mass is 9.96. The highest BCUT2D eigenvalue weighted by atomic mass is 15.2. The largest absolute Gasteiger partial charge is 0.357 e. The second-order valence-electron chi connectivity index (χ2n) is 5.18. The Labute approximate surface area is 91.5 Å². The number of aromatic nitrogens is 2. The SMILES string of the molecule is CC(C)(C)c1nccc(N2CCCC2)n1. The molecular weight excluding hydrogens is 186 g/mol. The van der Waals surface area contributed by atoms with E-state index in [1.54, 1.807) is 0 Å². The lowest BCUT2D eigenvalue weighted by Crippen LogP contribution is -2.22. The molecule has 0 atom stereocenters. The number of hydrogen-bond donors (Lipinski definition) is 0. The lowest BCUT2D eigenvalue weighted by Gasteiger charge is -2.21. The maximum Gasteiger partial charge on any atom is 0.135 e. The van der Waals surface area contributed by atoms with Gasteiger partial charge in [-0.2, -0.15) is 0 Å². The third-order valence-electron chi connectivity index (χ3n) is 2.74.